The van der Waals surface area contributed by atoms with Gasteiger partial charge in [0.2, 0.25) is 0 Å². The maximum absolute atomic E-state index is 10.9. The van der Waals surface area contributed by atoms with Crippen LogP contribution in [0.15, 0.2) is 194 Å². The van der Waals surface area contributed by atoms with E-state index in [2.05, 4.69) is 209 Å². The SMILES string of the molecule is N#Cc1cc([Si](c2ccccc2)(c2ccccc2)c2ccc(-n3c4ccccc4c4ccccc43)nc2)ccc1-n1c2ccccc2c2ccccc21. The molecule has 0 aliphatic rings. The number of rotatable bonds is 6. The van der Waals surface area contributed by atoms with Gasteiger partial charge in [0.05, 0.1) is 33.3 Å². The van der Waals surface area contributed by atoms with Gasteiger partial charge in [-0.05, 0) is 63.2 Å². The Labute approximate surface area is 308 Å². The molecule has 0 saturated carbocycles. The van der Waals surface area contributed by atoms with Gasteiger partial charge < -0.3 is 4.57 Å². The van der Waals surface area contributed by atoms with E-state index in [9.17, 15) is 5.26 Å². The normalized spacial score (nSPS) is 11.8. The lowest BCUT2D eigenvalue weighted by molar-refractivity contribution is 1.08. The Bertz CT molecular complexity index is 2860. The van der Waals surface area contributed by atoms with Gasteiger partial charge in [0.1, 0.15) is 11.9 Å². The number of pyridine rings is 1. The minimum atomic E-state index is -3.01. The van der Waals surface area contributed by atoms with Crippen LogP contribution in [0.3, 0.4) is 0 Å². The Morgan fingerprint density at radius 2 is 0.849 bits per heavy atom. The lowest BCUT2D eigenvalue weighted by atomic mass is 10.2. The Morgan fingerprint density at radius 3 is 1.30 bits per heavy atom. The van der Waals surface area contributed by atoms with Gasteiger partial charge in [0.25, 0.3) is 0 Å². The Kier molecular flexibility index (Phi) is 7.17. The molecule has 0 spiro atoms. The monoisotopic (exact) mass is 692 g/mol. The topological polar surface area (TPSA) is 46.5 Å². The summed E-state index contributed by atoms with van der Waals surface area (Å²) < 4.78 is 4.50. The first kappa shape index (κ1) is 30.8. The number of hydrogen-bond donors (Lipinski definition) is 0. The van der Waals surface area contributed by atoms with Gasteiger partial charge in [0.15, 0.2) is 8.07 Å². The second kappa shape index (κ2) is 12.3. The lowest BCUT2D eigenvalue weighted by Gasteiger charge is -2.34. The van der Waals surface area contributed by atoms with Gasteiger partial charge in [-0.1, -0.05) is 146 Å². The van der Waals surface area contributed by atoms with Crippen LogP contribution in [-0.4, -0.2) is 22.2 Å². The average molecular weight is 693 g/mol. The van der Waals surface area contributed by atoms with Crippen molar-refractivity contribution in [3.63, 3.8) is 0 Å². The minimum absolute atomic E-state index is 0.632. The summed E-state index contributed by atoms with van der Waals surface area (Å²) in [6.45, 7) is 0. The molecule has 248 valence electrons. The van der Waals surface area contributed by atoms with E-state index in [0.717, 1.165) is 43.9 Å². The smallest absolute Gasteiger partial charge is 0.181 e. The van der Waals surface area contributed by atoms with Crippen molar-refractivity contribution in [2.24, 2.45) is 0 Å². The molecule has 0 aliphatic carbocycles. The Hall–Kier alpha value is -7.00. The van der Waals surface area contributed by atoms with Crippen LogP contribution >= 0.6 is 0 Å². The molecular formula is C48H32N4Si. The molecule has 4 nitrogen and oxygen atoms in total. The van der Waals surface area contributed by atoms with Crippen LogP contribution in [0.5, 0.6) is 0 Å². The van der Waals surface area contributed by atoms with Crippen molar-refractivity contribution in [3.05, 3.63) is 200 Å². The van der Waals surface area contributed by atoms with E-state index in [1.54, 1.807) is 0 Å². The lowest BCUT2D eigenvalue weighted by Crippen LogP contribution is -2.74. The van der Waals surface area contributed by atoms with Crippen molar-refractivity contribution in [1.82, 2.24) is 14.1 Å². The van der Waals surface area contributed by atoms with Gasteiger partial charge in [-0.3, -0.25) is 4.57 Å². The molecule has 7 aromatic carbocycles. The van der Waals surface area contributed by atoms with Gasteiger partial charge in [0, 0.05) is 27.7 Å². The number of hydrogen-bond acceptors (Lipinski definition) is 2. The number of aromatic nitrogens is 3. The van der Waals surface area contributed by atoms with Gasteiger partial charge in [-0.2, -0.15) is 5.26 Å². The number of nitrogens with zero attached hydrogens (tertiary/aromatic N) is 4. The van der Waals surface area contributed by atoms with E-state index < -0.39 is 8.07 Å². The second-order valence-electron chi connectivity index (χ2n) is 13.5. The van der Waals surface area contributed by atoms with Crippen LogP contribution in [0.2, 0.25) is 0 Å². The van der Waals surface area contributed by atoms with E-state index in [1.807, 2.05) is 0 Å². The molecule has 53 heavy (non-hydrogen) atoms. The highest BCUT2D eigenvalue weighted by atomic mass is 28.3. The van der Waals surface area contributed by atoms with Crippen LogP contribution in [0.1, 0.15) is 5.56 Å². The Balaban J connectivity index is 1.22. The summed E-state index contributed by atoms with van der Waals surface area (Å²) in [5.74, 6) is 0.870. The highest BCUT2D eigenvalue weighted by molar-refractivity contribution is 7.19. The molecular weight excluding hydrogens is 661 g/mol. The number of benzene rings is 7. The van der Waals surface area contributed by atoms with E-state index in [-0.39, 0.29) is 0 Å². The number of para-hydroxylation sites is 4. The van der Waals surface area contributed by atoms with E-state index in [0.29, 0.717) is 5.56 Å². The van der Waals surface area contributed by atoms with Crippen LogP contribution in [0.25, 0.3) is 55.1 Å². The van der Waals surface area contributed by atoms with E-state index in [1.165, 1.54) is 31.9 Å². The van der Waals surface area contributed by atoms with E-state index >= 15 is 0 Å². The quantitative estimate of drug-likeness (QED) is 0.130. The fraction of sp³-hybridized carbons (Fsp3) is 0. The fourth-order valence-corrected chi connectivity index (χ4v) is 13.2. The van der Waals surface area contributed by atoms with Crippen molar-refractivity contribution in [2.45, 2.75) is 0 Å². The van der Waals surface area contributed by atoms with Gasteiger partial charge in [-0.15, -0.1) is 0 Å². The first-order valence-electron chi connectivity index (χ1n) is 17.9. The fourth-order valence-electron chi connectivity index (χ4n) is 8.52. The third kappa shape index (κ3) is 4.63. The molecule has 5 heteroatoms. The molecule has 10 aromatic rings. The molecule has 0 radical (unpaired) electrons. The van der Waals surface area contributed by atoms with Crippen LogP contribution in [0.4, 0.5) is 0 Å². The number of nitriles is 1. The molecule has 0 bridgehead atoms. The molecule has 0 unspecified atom stereocenters. The summed E-state index contributed by atoms with van der Waals surface area (Å²) >= 11 is 0. The summed E-state index contributed by atoms with van der Waals surface area (Å²) in [7, 11) is -3.01. The molecule has 0 N–H and O–H groups in total. The Morgan fingerprint density at radius 1 is 0.415 bits per heavy atom. The average Bonchev–Trinajstić information content (AvgIpc) is 3.75. The minimum Gasteiger partial charge on any atom is -0.308 e. The second-order valence-corrected chi connectivity index (χ2v) is 17.3. The highest BCUT2D eigenvalue weighted by Crippen LogP contribution is 2.33. The zero-order valence-corrected chi connectivity index (χ0v) is 29.8. The van der Waals surface area contributed by atoms with E-state index in [4.69, 9.17) is 4.98 Å². The summed E-state index contributed by atoms with van der Waals surface area (Å²) in [6, 6.07) is 69.2. The molecule has 3 heterocycles. The zero-order valence-electron chi connectivity index (χ0n) is 28.8. The van der Waals surface area contributed by atoms with Crippen LogP contribution < -0.4 is 20.7 Å². The molecule has 0 atom stereocenters. The van der Waals surface area contributed by atoms with Gasteiger partial charge in [-0.25, -0.2) is 4.98 Å². The molecule has 0 saturated heterocycles. The number of fused-ring (bicyclic) bond motifs is 6. The van der Waals surface area contributed by atoms with Crippen molar-refractivity contribution in [1.29, 1.82) is 5.26 Å². The van der Waals surface area contributed by atoms with Crippen molar-refractivity contribution in [3.8, 4) is 17.6 Å². The first-order valence-corrected chi connectivity index (χ1v) is 19.9. The summed E-state index contributed by atoms with van der Waals surface area (Å²) in [5.41, 5.74) is 5.92. The van der Waals surface area contributed by atoms with Crippen LogP contribution in [-0.2, 0) is 0 Å². The molecule has 3 aromatic heterocycles. The highest BCUT2D eigenvalue weighted by Gasteiger charge is 2.42. The summed E-state index contributed by atoms with van der Waals surface area (Å²) in [4.78, 5) is 5.26. The predicted octanol–water partition coefficient (Wildman–Crippen LogP) is 8.52. The third-order valence-electron chi connectivity index (χ3n) is 10.8. The summed E-state index contributed by atoms with van der Waals surface area (Å²) in [5, 5.41) is 20.4. The van der Waals surface area contributed by atoms with Gasteiger partial charge >= 0.3 is 0 Å². The predicted molar refractivity (Wildman–Crippen MR) is 221 cm³/mol. The van der Waals surface area contributed by atoms with Crippen molar-refractivity contribution >= 4 is 72.4 Å². The molecule has 0 amide bonds. The largest absolute Gasteiger partial charge is 0.308 e. The maximum atomic E-state index is 10.9. The zero-order chi connectivity index (χ0) is 35.4. The third-order valence-corrected chi connectivity index (χ3v) is 15.5. The van der Waals surface area contributed by atoms with Crippen molar-refractivity contribution < 1.29 is 0 Å². The maximum Gasteiger partial charge on any atom is 0.181 e. The molecule has 0 aliphatic heterocycles. The molecule has 10 rings (SSSR count). The summed E-state index contributed by atoms with van der Waals surface area (Å²) in [6.07, 6.45) is 2.08. The first-order chi connectivity index (χ1) is 26.3. The van der Waals surface area contributed by atoms with Crippen molar-refractivity contribution in [2.75, 3.05) is 0 Å². The van der Waals surface area contributed by atoms with Crippen LogP contribution in [0, 0.1) is 11.3 Å². The molecule has 0 fully saturated rings. The standard InChI is InChI=1S/C48H32N4Si/c49-32-34-31-37(27-29-43(34)51-44-23-11-7-19-39(44)40-20-8-12-24-45(40)51)53(35-15-3-1-4-16-35,36-17-5-2-6-18-36)38-28-30-48(50-33-38)52-46-25-13-9-21-41(46)42-22-10-14-26-47(42)52/h1-31,33H.